The van der Waals surface area contributed by atoms with Crippen molar-refractivity contribution in [1.82, 2.24) is 20.2 Å². The maximum Gasteiger partial charge on any atom is 0.335 e. The first kappa shape index (κ1) is 13.2. The molecule has 0 saturated carbocycles. The molecule has 6 heteroatoms. The maximum atomic E-state index is 10.8. The molecule has 100 valence electrons. The van der Waals surface area contributed by atoms with Gasteiger partial charge in [-0.1, -0.05) is 26.0 Å². The largest absolute Gasteiger partial charge is 0.478 e. The molecule has 1 aromatic carbocycles. The monoisotopic (exact) mass is 260 g/mol. The van der Waals surface area contributed by atoms with E-state index in [1.165, 1.54) is 0 Å². The fraction of sp³-hybridized carbons (Fsp3) is 0.385. The summed E-state index contributed by atoms with van der Waals surface area (Å²) in [6, 6.07) is 6.74. The van der Waals surface area contributed by atoms with Gasteiger partial charge in [-0.3, -0.25) is 0 Å². The SMILES string of the molecule is CC(C)Cc1nnnn1Cc1ccc(C(=O)O)cc1. The second kappa shape index (κ2) is 5.60. The molecule has 0 atom stereocenters. The molecule has 0 bridgehead atoms. The Balaban J connectivity index is 2.12. The quantitative estimate of drug-likeness (QED) is 0.883. The summed E-state index contributed by atoms with van der Waals surface area (Å²) in [7, 11) is 0. The lowest BCUT2D eigenvalue weighted by Crippen LogP contribution is -2.09. The molecule has 0 amide bonds. The second-order valence-corrected chi connectivity index (χ2v) is 4.85. The predicted molar refractivity (Wildman–Crippen MR) is 68.9 cm³/mol. The van der Waals surface area contributed by atoms with Crippen LogP contribution in [0, 0.1) is 5.92 Å². The van der Waals surface area contributed by atoms with Crippen molar-refractivity contribution in [2.45, 2.75) is 26.8 Å². The summed E-state index contributed by atoms with van der Waals surface area (Å²) in [4.78, 5) is 10.8. The number of rotatable bonds is 5. The van der Waals surface area contributed by atoms with Crippen LogP contribution in [-0.2, 0) is 13.0 Å². The van der Waals surface area contributed by atoms with Gasteiger partial charge in [0.2, 0.25) is 0 Å². The first-order valence-corrected chi connectivity index (χ1v) is 6.13. The van der Waals surface area contributed by atoms with Gasteiger partial charge in [0, 0.05) is 6.42 Å². The topological polar surface area (TPSA) is 80.9 Å². The highest BCUT2D eigenvalue weighted by atomic mass is 16.4. The molecule has 6 nitrogen and oxygen atoms in total. The van der Waals surface area contributed by atoms with Gasteiger partial charge in [0.1, 0.15) is 0 Å². The first-order chi connectivity index (χ1) is 9.06. The standard InChI is InChI=1S/C13H16N4O2/c1-9(2)7-12-14-15-16-17(12)8-10-3-5-11(6-4-10)13(18)19/h3-6,9H,7-8H2,1-2H3,(H,18,19). The van der Waals surface area contributed by atoms with Crippen molar-refractivity contribution in [2.24, 2.45) is 5.92 Å². The van der Waals surface area contributed by atoms with Crippen LogP contribution in [0.4, 0.5) is 0 Å². The van der Waals surface area contributed by atoms with Crippen LogP contribution < -0.4 is 0 Å². The molecule has 1 N–H and O–H groups in total. The highest BCUT2D eigenvalue weighted by molar-refractivity contribution is 5.87. The smallest absolute Gasteiger partial charge is 0.335 e. The molecule has 0 aliphatic heterocycles. The Labute approximate surface area is 111 Å². The zero-order valence-corrected chi connectivity index (χ0v) is 10.9. The molecule has 2 rings (SSSR count). The fourth-order valence-corrected chi connectivity index (χ4v) is 1.78. The third kappa shape index (κ3) is 3.37. The minimum Gasteiger partial charge on any atom is -0.478 e. The van der Waals surface area contributed by atoms with Gasteiger partial charge in [-0.05, 0) is 34.0 Å². The van der Waals surface area contributed by atoms with Gasteiger partial charge in [0.25, 0.3) is 0 Å². The average molecular weight is 260 g/mol. The van der Waals surface area contributed by atoms with Crippen molar-refractivity contribution >= 4 is 5.97 Å². The van der Waals surface area contributed by atoms with Crippen molar-refractivity contribution in [2.75, 3.05) is 0 Å². The third-order valence-electron chi connectivity index (χ3n) is 2.73. The van der Waals surface area contributed by atoms with E-state index in [9.17, 15) is 4.79 Å². The Hall–Kier alpha value is -2.24. The number of carboxylic acids is 1. The summed E-state index contributed by atoms with van der Waals surface area (Å²) in [6.45, 7) is 4.77. The molecule has 0 radical (unpaired) electrons. The molecule has 1 heterocycles. The van der Waals surface area contributed by atoms with Crippen LogP contribution in [0.15, 0.2) is 24.3 Å². The lowest BCUT2D eigenvalue weighted by molar-refractivity contribution is 0.0697. The molecule has 0 unspecified atom stereocenters. The number of hydrogen-bond acceptors (Lipinski definition) is 4. The van der Waals surface area contributed by atoms with Crippen molar-refractivity contribution < 1.29 is 9.90 Å². The Morgan fingerprint density at radius 3 is 2.58 bits per heavy atom. The van der Waals surface area contributed by atoms with Gasteiger partial charge in [0.05, 0.1) is 12.1 Å². The van der Waals surface area contributed by atoms with Crippen LogP contribution >= 0.6 is 0 Å². The molecule has 2 aromatic rings. The van der Waals surface area contributed by atoms with E-state index in [-0.39, 0.29) is 5.56 Å². The summed E-state index contributed by atoms with van der Waals surface area (Å²) in [5.41, 5.74) is 1.25. The van der Waals surface area contributed by atoms with Crippen molar-refractivity contribution in [3.8, 4) is 0 Å². The van der Waals surface area contributed by atoms with Gasteiger partial charge in [-0.15, -0.1) is 5.10 Å². The highest BCUT2D eigenvalue weighted by Gasteiger charge is 2.09. The van der Waals surface area contributed by atoms with Gasteiger partial charge in [-0.2, -0.15) is 0 Å². The normalized spacial score (nSPS) is 10.9. The Bertz CT molecular complexity index is 560. The van der Waals surface area contributed by atoms with Crippen LogP contribution in [0.3, 0.4) is 0 Å². The van der Waals surface area contributed by atoms with E-state index in [4.69, 9.17) is 5.11 Å². The van der Waals surface area contributed by atoms with E-state index >= 15 is 0 Å². The van der Waals surface area contributed by atoms with E-state index < -0.39 is 5.97 Å². The molecule has 0 aliphatic carbocycles. The van der Waals surface area contributed by atoms with Gasteiger partial charge < -0.3 is 5.11 Å². The molecule has 0 saturated heterocycles. The third-order valence-corrected chi connectivity index (χ3v) is 2.73. The van der Waals surface area contributed by atoms with Crippen molar-refractivity contribution in [3.63, 3.8) is 0 Å². The summed E-state index contributed by atoms with van der Waals surface area (Å²) in [5.74, 6) is 0.408. The Morgan fingerprint density at radius 1 is 1.32 bits per heavy atom. The number of hydrogen-bond donors (Lipinski definition) is 1. The Kier molecular flexibility index (Phi) is 3.89. The molecule has 19 heavy (non-hydrogen) atoms. The summed E-state index contributed by atoms with van der Waals surface area (Å²) in [5, 5.41) is 20.5. The average Bonchev–Trinajstić information content (AvgIpc) is 2.76. The number of aromatic carboxylic acids is 1. The molecule has 1 aromatic heterocycles. The Morgan fingerprint density at radius 2 is 2.00 bits per heavy atom. The van der Waals surface area contributed by atoms with E-state index in [0.29, 0.717) is 12.5 Å². The summed E-state index contributed by atoms with van der Waals surface area (Å²) < 4.78 is 1.75. The molecular weight excluding hydrogens is 244 g/mol. The van der Waals surface area contributed by atoms with Crippen molar-refractivity contribution in [3.05, 3.63) is 41.2 Å². The number of carbonyl (C=O) groups is 1. The number of nitrogens with zero attached hydrogens (tertiary/aromatic N) is 4. The zero-order valence-electron chi connectivity index (χ0n) is 10.9. The van der Waals surface area contributed by atoms with E-state index in [2.05, 4.69) is 29.4 Å². The summed E-state index contributed by atoms with van der Waals surface area (Å²) in [6.07, 6.45) is 0.820. The minimum absolute atomic E-state index is 0.280. The van der Waals surface area contributed by atoms with Crippen LogP contribution in [0.1, 0.15) is 35.6 Å². The number of aromatic nitrogens is 4. The lowest BCUT2D eigenvalue weighted by atomic mass is 10.1. The van der Waals surface area contributed by atoms with Gasteiger partial charge in [-0.25, -0.2) is 9.48 Å². The predicted octanol–water partition coefficient (Wildman–Crippen LogP) is 1.62. The first-order valence-electron chi connectivity index (χ1n) is 6.13. The van der Waals surface area contributed by atoms with Gasteiger partial charge >= 0.3 is 5.97 Å². The molecule has 0 spiro atoms. The van der Waals surface area contributed by atoms with E-state index in [0.717, 1.165) is 17.8 Å². The van der Waals surface area contributed by atoms with E-state index in [1.54, 1.807) is 28.9 Å². The van der Waals surface area contributed by atoms with Crippen LogP contribution in [-0.4, -0.2) is 31.3 Å². The number of benzene rings is 1. The van der Waals surface area contributed by atoms with Crippen LogP contribution in [0.5, 0.6) is 0 Å². The highest BCUT2D eigenvalue weighted by Crippen LogP contribution is 2.09. The number of carboxylic acid groups (broad SMARTS) is 1. The maximum absolute atomic E-state index is 10.8. The van der Waals surface area contributed by atoms with Crippen LogP contribution in [0.25, 0.3) is 0 Å². The minimum atomic E-state index is -0.922. The summed E-state index contributed by atoms with van der Waals surface area (Å²) >= 11 is 0. The fourth-order valence-electron chi connectivity index (χ4n) is 1.78. The molecule has 0 aliphatic rings. The van der Waals surface area contributed by atoms with Crippen LogP contribution in [0.2, 0.25) is 0 Å². The van der Waals surface area contributed by atoms with Crippen molar-refractivity contribution in [1.29, 1.82) is 0 Å². The molecule has 0 fully saturated rings. The molecular formula is C13H16N4O2. The number of tetrazole rings is 1. The second-order valence-electron chi connectivity index (χ2n) is 4.85. The zero-order chi connectivity index (χ0) is 13.8. The lowest BCUT2D eigenvalue weighted by Gasteiger charge is -2.06. The van der Waals surface area contributed by atoms with E-state index in [1.807, 2.05) is 0 Å². The van der Waals surface area contributed by atoms with Gasteiger partial charge in [0.15, 0.2) is 5.82 Å².